The molecule has 5 nitrogen and oxygen atoms in total. The van der Waals surface area contributed by atoms with E-state index in [0.717, 1.165) is 42.8 Å². The highest BCUT2D eigenvalue weighted by atomic mass is 16.5. The molecule has 0 aliphatic carbocycles. The number of hydrogen-bond donors (Lipinski definition) is 3. The molecule has 2 rings (SSSR count). The highest BCUT2D eigenvalue weighted by Gasteiger charge is 2.07. The fourth-order valence-corrected chi connectivity index (χ4v) is 2.82. The summed E-state index contributed by atoms with van der Waals surface area (Å²) in [6, 6.07) is 16.2. The second-order valence-corrected chi connectivity index (χ2v) is 6.33. The van der Waals surface area contributed by atoms with E-state index < -0.39 is 0 Å². The molecule has 2 aromatic rings. The van der Waals surface area contributed by atoms with Crippen molar-refractivity contribution in [2.24, 2.45) is 11.5 Å². The van der Waals surface area contributed by atoms with Crippen molar-refractivity contribution in [3.8, 4) is 5.75 Å². The van der Waals surface area contributed by atoms with Gasteiger partial charge in [-0.2, -0.15) is 0 Å². The Morgan fingerprint density at radius 2 is 1.81 bits per heavy atom. The van der Waals surface area contributed by atoms with Gasteiger partial charge in [0, 0.05) is 13.1 Å². The van der Waals surface area contributed by atoms with Crippen molar-refractivity contribution >= 4 is 11.6 Å². The molecule has 0 saturated heterocycles. The summed E-state index contributed by atoms with van der Waals surface area (Å²) in [7, 11) is 0. The Hall–Kier alpha value is -2.53. The molecule has 0 aliphatic heterocycles. The second-order valence-electron chi connectivity index (χ2n) is 6.33. The molecule has 0 radical (unpaired) electrons. The van der Waals surface area contributed by atoms with E-state index in [-0.39, 0.29) is 12.3 Å². The number of nitrogens with two attached hydrogens (primary N) is 2. The van der Waals surface area contributed by atoms with Crippen LogP contribution in [0, 0.1) is 0 Å². The van der Waals surface area contributed by atoms with E-state index in [1.54, 1.807) is 0 Å². The zero-order valence-corrected chi connectivity index (χ0v) is 15.2. The minimum Gasteiger partial charge on any atom is -0.490 e. The summed E-state index contributed by atoms with van der Waals surface area (Å²) in [4.78, 5) is 11.1. The summed E-state index contributed by atoms with van der Waals surface area (Å²) in [5.41, 5.74) is 14.0. The maximum absolute atomic E-state index is 11.1. The van der Waals surface area contributed by atoms with Gasteiger partial charge in [0.05, 0.1) is 12.1 Å². The number of amides is 1. The fraction of sp³-hybridized carbons (Fsp3) is 0.381. The summed E-state index contributed by atoms with van der Waals surface area (Å²) in [6.45, 7) is 1.77. The van der Waals surface area contributed by atoms with E-state index in [1.165, 1.54) is 12.0 Å². The summed E-state index contributed by atoms with van der Waals surface area (Å²) in [5, 5.41) is 3.42. The molecular weight excluding hydrogens is 326 g/mol. The number of carbonyl (C=O) groups is 1. The van der Waals surface area contributed by atoms with Gasteiger partial charge in [0.25, 0.3) is 0 Å². The van der Waals surface area contributed by atoms with E-state index in [2.05, 4.69) is 29.6 Å². The van der Waals surface area contributed by atoms with Gasteiger partial charge in [-0.3, -0.25) is 4.79 Å². The third kappa shape index (κ3) is 7.15. The molecule has 0 heterocycles. The van der Waals surface area contributed by atoms with Crippen molar-refractivity contribution in [3.63, 3.8) is 0 Å². The van der Waals surface area contributed by atoms with E-state index in [0.29, 0.717) is 13.2 Å². The zero-order valence-electron chi connectivity index (χ0n) is 15.2. The summed E-state index contributed by atoms with van der Waals surface area (Å²) >= 11 is 0. The van der Waals surface area contributed by atoms with Crippen molar-refractivity contribution < 1.29 is 9.53 Å². The van der Waals surface area contributed by atoms with Gasteiger partial charge < -0.3 is 21.5 Å². The van der Waals surface area contributed by atoms with Crippen molar-refractivity contribution in [2.75, 3.05) is 25.0 Å². The zero-order chi connectivity index (χ0) is 18.6. The Bertz CT molecular complexity index is 674. The van der Waals surface area contributed by atoms with Gasteiger partial charge in [-0.15, -0.1) is 0 Å². The lowest BCUT2D eigenvalue weighted by molar-refractivity contribution is -0.117. The molecule has 0 atom stereocenters. The van der Waals surface area contributed by atoms with Gasteiger partial charge in [-0.05, 0) is 42.5 Å². The van der Waals surface area contributed by atoms with Gasteiger partial charge in [0.2, 0.25) is 5.91 Å². The number of aryl methyl sites for hydroxylation is 1. The fourth-order valence-electron chi connectivity index (χ4n) is 2.82. The van der Waals surface area contributed by atoms with Gasteiger partial charge in [0.15, 0.2) is 0 Å². The highest BCUT2D eigenvalue weighted by Crippen LogP contribution is 2.26. The van der Waals surface area contributed by atoms with Crippen LogP contribution in [-0.4, -0.2) is 25.6 Å². The molecular formula is C21H29N3O2. The normalized spacial score (nSPS) is 10.5. The average molecular weight is 355 g/mol. The lowest BCUT2D eigenvalue weighted by atomic mass is 10.1. The number of rotatable bonds is 12. The van der Waals surface area contributed by atoms with Crippen LogP contribution < -0.4 is 21.5 Å². The number of anilines is 1. The van der Waals surface area contributed by atoms with E-state index >= 15 is 0 Å². The van der Waals surface area contributed by atoms with Gasteiger partial charge in [0.1, 0.15) is 12.4 Å². The van der Waals surface area contributed by atoms with E-state index in [4.69, 9.17) is 16.2 Å². The molecule has 140 valence electrons. The molecule has 0 aliphatic rings. The van der Waals surface area contributed by atoms with Crippen LogP contribution in [0.2, 0.25) is 0 Å². The molecule has 0 spiro atoms. The average Bonchev–Trinajstić information content (AvgIpc) is 2.64. The predicted octanol–water partition coefficient (Wildman–Crippen LogP) is 2.88. The molecule has 0 saturated carbocycles. The number of carbonyl (C=O) groups excluding carboxylic acids is 1. The Morgan fingerprint density at radius 1 is 1.00 bits per heavy atom. The maximum atomic E-state index is 11.1. The summed E-state index contributed by atoms with van der Waals surface area (Å²) < 4.78 is 5.68. The molecule has 0 aromatic heterocycles. The quantitative estimate of drug-likeness (QED) is 0.511. The first-order valence-corrected chi connectivity index (χ1v) is 9.21. The highest BCUT2D eigenvalue weighted by molar-refractivity contribution is 5.77. The lowest BCUT2D eigenvalue weighted by Gasteiger charge is -2.14. The third-order valence-corrected chi connectivity index (χ3v) is 4.10. The minimum atomic E-state index is -0.340. The number of unbranched alkanes of at least 4 members (excludes halogenated alkanes) is 2. The molecule has 5 heteroatoms. The topological polar surface area (TPSA) is 90.4 Å². The molecule has 1 amide bonds. The van der Waals surface area contributed by atoms with Crippen molar-refractivity contribution in [1.82, 2.24) is 0 Å². The second kappa shape index (κ2) is 11.2. The van der Waals surface area contributed by atoms with Crippen LogP contribution in [0.25, 0.3) is 0 Å². The first-order chi connectivity index (χ1) is 12.7. The first kappa shape index (κ1) is 19.8. The predicted molar refractivity (Wildman–Crippen MR) is 106 cm³/mol. The molecule has 0 unspecified atom stereocenters. The van der Waals surface area contributed by atoms with Crippen LogP contribution >= 0.6 is 0 Å². The van der Waals surface area contributed by atoms with E-state index in [1.807, 2.05) is 24.3 Å². The van der Waals surface area contributed by atoms with Crippen LogP contribution in [0.5, 0.6) is 5.75 Å². The lowest BCUT2D eigenvalue weighted by Crippen LogP contribution is -2.15. The Morgan fingerprint density at radius 3 is 2.54 bits per heavy atom. The number of primary amides is 1. The maximum Gasteiger partial charge on any atom is 0.221 e. The number of benzene rings is 2. The number of hydrogen-bond acceptors (Lipinski definition) is 4. The molecule has 5 N–H and O–H groups in total. The van der Waals surface area contributed by atoms with Crippen molar-refractivity contribution in [2.45, 2.75) is 32.1 Å². The van der Waals surface area contributed by atoms with E-state index in [9.17, 15) is 4.79 Å². The summed E-state index contributed by atoms with van der Waals surface area (Å²) in [6.07, 6.45) is 4.73. The van der Waals surface area contributed by atoms with Crippen LogP contribution in [-0.2, 0) is 17.6 Å². The van der Waals surface area contributed by atoms with Gasteiger partial charge in [-0.1, -0.05) is 42.8 Å². The molecule has 0 bridgehead atoms. The largest absolute Gasteiger partial charge is 0.490 e. The monoisotopic (exact) mass is 355 g/mol. The smallest absolute Gasteiger partial charge is 0.221 e. The Labute approximate surface area is 155 Å². The minimum absolute atomic E-state index is 0.225. The van der Waals surface area contributed by atoms with Crippen LogP contribution in [0.3, 0.4) is 0 Å². The van der Waals surface area contributed by atoms with Crippen molar-refractivity contribution in [1.29, 1.82) is 0 Å². The Balaban J connectivity index is 1.80. The van der Waals surface area contributed by atoms with Gasteiger partial charge >= 0.3 is 0 Å². The van der Waals surface area contributed by atoms with Crippen LogP contribution in [0.1, 0.15) is 30.4 Å². The first-order valence-electron chi connectivity index (χ1n) is 9.21. The molecule has 0 fully saturated rings. The standard InChI is InChI=1S/C21H29N3O2/c22-12-14-26-20-11-10-18(16-21(23)25)15-19(20)24-13-6-2-5-9-17-7-3-1-4-8-17/h1,3-4,7-8,10-11,15,24H,2,5-6,9,12-14,16,22H2,(H2,23,25). The molecule has 26 heavy (non-hydrogen) atoms. The summed E-state index contributed by atoms with van der Waals surface area (Å²) in [5.74, 6) is 0.417. The van der Waals surface area contributed by atoms with Gasteiger partial charge in [-0.25, -0.2) is 0 Å². The number of ether oxygens (including phenoxy) is 1. The SMILES string of the molecule is NCCOc1ccc(CC(N)=O)cc1NCCCCCc1ccccc1. The Kier molecular flexibility index (Phi) is 8.49. The molecule has 2 aromatic carbocycles. The number of nitrogens with one attached hydrogen (secondary N) is 1. The van der Waals surface area contributed by atoms with Crippen LogP contribution in [0.15, 0.2) is 48.5 Å². The van der Waals surface area contributed by atoms with Crippen molar-refractivity contribution in [3.05, 3.63) is 59.7 Å². The third-order valence-electron chi connectivity index (χ3n) is 4.10. The van der Waals surface area contributed by atoms with Crippen LogP contribution in [0.4, 0.5) is 5.69 Å².